The molecule has 0 atom stereocenters. The largest absolute Gasteiger partial charge is 0.507 e. The molecule has 7 aromatic rings. The topological polar surface area (TPSA) is 50.9 Å². The highest BCUT2D eigenvalue weighted by Crippen LogP contribution is 2.45. The van der Waals surface area contributed by atoms with Crippen LogP contribution in [0, 0.1) is 0 Å². The normalized spacial score (nSPS) is 12.2. The number of para-hydroxylation sites is 2. The first-order chi connectivity index (χ1) is 24.3. The van der Waals surface area contributed by atoms with Crippen molar-refractivity contribution in [1.82, 2.24) is 14.5 Å². The molecule has 0 unspecified atom stereocenters. The van der Waals surface area contributed by atoms with Gasteiger partial charge in [-0.3, -0.25) is 9.55 Å². The fraction of sp³-hybridized carbons (Fsp3) is 0.234. The minimum absolute atomic E-state index is 0.147. The Morgan fingerprint density at radius 2 is 1.29 bits per heavy atom. The van der Waals surface area contributed by atoms with Gasteiger partial charge in [0.05, 0.1) is 28.0 Å². The molecule has 0 spiro atoms. The molecule has 0 aliphatic carbocycles. The summed E-state index contributed by atoms with van der Waals surface area (Å²) in [4.78, 5) is 10.2. The van der Waals surface area contributed by atoms with Crippen LogP contribution >= 0.6 is 0 Å². The van der Waals surface area contributed by atoms with Crippen LogP contribution in [0.15, 0.2) is 128 Å². The first kappa shape index (κ1) is 34.0. The molecule has 2 heterocycles. The molecular weight excluding hydrogens is 623 g/mol. The zero-order valence-electron chi connectivity index (χ0n) is 31.0. The lowest BCUT2D eigenvalue weighted by Crippen LogP contribution is -2.17. The SMILES string of the molecule is CC(C)c1cc(-c2ccccn2)cc(-c2cccc3c2nc(-c2cc(C(C)(C)C)cc(C(C)(C)C)c2O)n3-c2ccccc2-c2ccccc2)c1. The van der Waals surface area contributed by atoms with Crippen LogP contribution < -0.4 is 0 Å². The fourth-order valence-electron chi connectivity index (χ4n) is 6.92. The predicted molar refractivity (Wildman–Crippen MR) is 214 cm³/mol. The molecule has 0 radical (unpaired) electrons. The number of pyridine rings is 1. The van der Waals surface area contributed by atoms with Crippen molar-refractivity contribution in [2.45, 2.75) is 72.1 Å². The Morgan fingerprint density at radius 1 is 0.608 bits per heavy atom. The van der Waals surface area contributed by atoms with E-state index in [0.29, 0.717) is 11.7 Å². The van der Waals surface area contributed by atoms with E-state index in [1.54, 1.807) is 0 Å². The average Bonchev–Trinajstić information content (AvgIpc) is 3.50. The van der Waals surface area contributed by atoms with Gasteiger partial charge in [-0.1, -0.05) is 134 Å². The number of benzene rings is 5. The molecule has 4 heteroatoms. The quantitative estimate of drug-likeness (QED) is 0.192. The Morgan fingerprint density at radius 3 is 1.98 bits per heavy atom. The van der Waals surface area contributed by atoms with Crippen LogP contribution in [0.2, 0.25) is 0 Å². The number of phenolic OH excluding ortho intramolecular Hbond substituents is 1. The van der Waals surface area contributed by atoms with E-state index in [1.165, 1.54) is 5.56 Å². The Hall–Kier alpha value is -5.48. The van der Waals surface area contributed by atoms with Crippen molar-refractivity contribution >= 4 is 11.0 Å². The van der Waals surface area contributed by atoms with E-state index < -0.39 is 0 Å². The number of nitrogens with zero attached hydrogens (tertiary/aromatic N) is 3. The summed E-state index contributed by atoms with van der Waals surface area (Å²) < 4.78 is 2.25. The van der Waals surface area contributed by atoms with Crippen molar-refractivity contribution < 1.29 is 5.11 Å². The molecule has 0 amide bonds. The summed E-state index contributed by atoms with van der Waals surface area (Å²) in [6.45, 7) is 17.6. The maximum Gasteiger partial charge on any atom is 0.149 e. The van der Waals surface area contributed by atoms with E-state index in [9.17, 15) is 5.11 Å². The summed E-state index contributed by atoms with van der Waals surface area (Å²) in [7, 11) is 0. The lowest BCUT2D eigenvalue weighted by atomic mass is 9.79. The lowest BCUT2D eigenvalue weighted by molar-refractivity contribution is 0.446. The van der Waals surface area contributed by atoms with Gasteiger partial charge in [-0.25, -0.2) is 4.98 Å². The van der Waals surface area contributed by atoms with E-state index in [4.69, 9.17) is 9.97 Å². The molecule has 256 valence electrons. The fourth-order valence-corrected chi connectivity index (χ4v) is 6.92. The number of rotatable bonds is 6. The molecule has 5 aromatic carbocycles. The third-order valence-corrected chi connectivity index (χ3v) is 9.83. The summed E-state index contributed by atoms with van der Waals surface area (Å²) in [6.07, 6.45) is 1.85. The van der Waals surface area contributed by atoms with Gasteiger partial charge >= 0.3 is 0 Å². The highest BCUT2D eigenvalue weighted by molar-refractivity contribution is 5.97. The van der Waals surface area contributed by atoms with Gasteiger partial charge in [-0.05, 0) is 81.5 Å². The van der Waals surface area contributed by atoms with Gasteiger partial charge in [0.2, 0.25) is 0 Å². The highest BCUT2D eigenvalue weighted by Gasteiger charge is 2.29. The van der Waals surface area contributed by atoms with Gasteiger partial charge in [0.25, 0.3) is 0 Å². The van der Waals surface area contributed by atoms with Crippen molar-refractivity contribution in [1.29, 1.82) is 0 Å². The average molecular weight is 670 g/mol. The Labute approximate surface area is 302 Å². The lowest BCUT2D eigenvalue weighted by Gasteiger charge is -2.27. The minimum atomic E-state index is -0.288. The van der Waals surface area contributed by atoms with Crippen LogP contribution in [0.1, 0.15) is 78.0 Å². The maximum absolute atomic E-state index is 12.2. The summed E-state index contributed by atoms with van der Waals surface area (Å²) in [5, 5.41) is 12.2. The van der Waals surface area contributed by atoms with Crippen molar-refractivity contribution in [3.63, 3.8) is 0 Å². The molecule has 4 nitrogen and oxygen atoms in total. The van der Waals surface area contributed by atoms with E-state index >= 15 is 0 Å². The second-order valence-electron chi connectivity index (χ2n) is 16.0. The van der Waals surface area contributed by atoms with Crippen LogP contribution in [-0.2, 0) is 10.8 Å². The van der Waals surface area contributed by atoms with Gasteiger partial charge in [0.15, 0.2) is 0 Å². The number of aromatic nitrogens is 3. The van der Waals surface area contributed by atoms with Gasteiger partial charge < -0.3 is 5.11 Å². The van der Waals surface area contributed by atoms with Gasteiger partial charge in [0.1, 0.15) is 11.6 Å². The zero-order chi connectivity index (χ0) is 36.1. The van der Waals surface area contributed by atoms with Gasteiger partial charge in [-0.15, -0.1) is 0 Å². The minimum Gasteiger partial charge on any atom is -0.507 e. The second kappa shape index (κ2) is 13.0. The van der Waals surface area contributed by atoms with E-state index in [0.717, 1.165) is 66.9 Å². The van der Waals surface area contributed by atoms with Gasteiger partial charge in [-0.2, -0.15) is 0 Å². The third kappa shape index (κ3) is 6.47. The zero-order valence-corrected chi connectivity index (χ0v) is 31.0. The Bertz CT molecular complexity index is 2350. The molecule has 2 aromatic heterocycles. The van der Waals surface area contributed by atoms with Crippen molar-refractivity contribution in [2.24, 2.45) is 0 Å². The Kier molecular flexibility index (Phi) is 8.67. The molecule has 0 aliphatic rings. The predicted octanol–water partition coefficient (Wildman–Crippen LogP) is 12.5. The number of hydrogen-bond acceptors (Lipinski definition) is 3. The first-order valence-corrected chi connectivity index (χ1v) is 17.9. The number of imidazole rings is 1. The van der Waals surface area contributed by atoms with Crippen LogP contribution in [0.4, 0.5) is 0 Å². The third-order valence-electron chi connectivity index (χ3n) is 9.83. The highest BCUT2D eigenvalue weighted by atomic mass is 16.3. The molecule has 1 N–H and O–H groups in total. The number of aromatic hydroxyl groups is 1. The van der Waals surface area contributed by atoms with E-state index in [-0.39, 0.29) is 16.6 Å². The molecular formula is C47H47N3O. The van der Waals surface area contributed by atoms with E-state index in [1.807, 2.05) is 24.4 Å². The molecule has 0 aliphatic heterocycles. The molecule has 0 saturated heterocycles. The van der Waals surface area contributed by atoms with Crippen molar-refractivity contribution in [3.8, 4) is 56.3 Å². The second-order valence-corrected chi connectivity index (χ2v) is 16.0. The van der Waals surface area contributed by atoms with Crippen molar-refractivity contribution in [3.05, 3.63) is 144 Å². The molecule has 0 saturated carbocycles. The summed E-state index contributed by atoms with van der Waals surface area (Å²) in [6, 6.07) is 42.6. The summed E-state index contributed by atoms with van der Waals surface area (Å²) >= 11 is 0. The summed E-state index contributed by atoms with van der Waals surface area (Å²) in [5.74, 6) is 1.30. The van der Waals surface area contributed by atoms with Crippen LogP contribution in [0.3, 0.4) is 0 Å². The molecule has 0 bridgehead atoms. The monoisotopic (exact) mass is 669 g/mol. The van der Waals surface area contributed by atoms with Crippen molar-refractivity contribution in [2.75, 3.05) is 0 Å². The van der Waals surface area contributed by atoms with E-state index in [2.05, 4.69) is 163 Å². The number of hydrogen-bond donors (Lipinski definition) is 1. The maximum atomic E-state index is 12.2. The number of fused-ring (bicyclic) bond motifs is 1. The van der Waals surface area contributed by atoms with Crippen LogP contribution in [0.25, 0.3) is 61.6 Å². The van der Waals surface area contributed by atoms with Crippen LogP contribution in [-0.4, -0.2) is 19.6 Å². The standard InChI is InChI=1S/C47H47N3O/c1-30(2)32-25-33(27-34(26-32)40-21-14-15-24-48-40)37-20-16-23-42-43(37)49-45(38-28-35(46(3,4)5)29-39(44(38)51)47(6,7)8)50(42)41-22-13-12-19-36(41)31-17-10-9-11-18-31/h9-30,51H,1-8H3. The van der Waals surface area contributed by atoms with Gasteiger partial charge in [0, 0.05) is 28.5 Å². The summed E-state index contributed by atoms with van der Waals surface area (Å²) in [5.41, 5.74) is 12.8. The molecule has 51 heavy (non-hydrogen) atoms. The smallest absolute Gasteiger partial charge is 0.149 e. The Balaban J connectivity index is 1.60. The molecule has 0 fully saturated rings. The molecule has 7 rings (SSSR count). The van der Waals surface area contributed by atoms with Crippen LogP contribution in [0.5, 0.6) is 5.75 Å². The first-order valence-electron chi connectivity index (χ1n) is 17.9. The number of phenols is 1.